The van der Waals surface area contributed by atoms with E-state index in [9.17, 15) is 4.79 Å². The summed E-state index contributed by atoms with van der Waals surface area (Å²) >= 11 is 1.61. The predicted molar refractivity (Wildman–Crippen MR) is 85.7 cm³/mol. The molecule has 0 bridgehead atoms. The number of amides is 1. The highest BCUT2D eigenvalue weighted by Crippen LogP contribution is 2.23. The molecule has 0 unspecified atom stereocenters. The molecule has 0 saturated carbocycles. The van der Waals surface area contributed by atoms with Crippen LogP contribution in [0.25, 0.3) is 10.2 Å². The van der Waals surface area contributed by atoms with Crippen LogP contribution in [0.4, 0.5) is 5.69 Å². The molecule has 20 heavy (non-hydrogen) atoms. The fourth-order valence-corrected chi connectivity index (χ4v) is 3.21. The largest absolute Gasteiger partial charge is 0.326 e. The number of hydrogen-bond donors (Lipinski definition) is 2. The average Bonchev–Trinajstić information content (AvgIpc) is 2.86. The van der Waals surface area contributed by atoms with Crippen LogP contribution in [-0.4, -0.2) is 23.5 Å². The van der Waals surface area contributed by atoms with Crippen molar-refractivity contribution < 1.29 is 4.79 Å². The predicted octanol–water partition coefficient (Wildman–Crippen LogP) is 3.04. The number of fused-ring (bicyclic) bond motifs is 1. The number of rotatable bonds is 2. The molecule has 2 aromatic rings. The number of carbonyl (C=O) groups is 1. The van der Waals surface area contributed by atoms with E-state index in [1.807, 2.05) is 23.7 Å². The third kappa shape index (κ3) is 3.29. The maximum Gasteiger partial charge on any atom is 0.227 e. The van der Waals surface area contributed by atoms with Crippen LogP contribution < -0.4 is 10.6 Å². The number of benzene rings is 1. The topological polar surface area (TPSA) is 54.0 Å². The van der Waals surface area contributed by atoms with Crippen LogP contribution in [0.1, 0.15) is 19.8 Å². The second-order valence-corrected chi connectivity index (χ2v) is 5.99. The lowest BCUT2D eigenvalue weighted by atomic mass is 9.92. The van der Waals surface area contributed by atoms with E-state index in [1.165, 1.54) is 0 Å². The maximum absolute atomic E-state index is 12.2. The quantitative estimate of drug-likeness (QED) is 0.896. The third-order valence-corrected chi connectivity index (χ3v) is 4.40. The molecular formula is C14H18ClN3OS. The van der Waals surface area contributed by atoms with Gasteiger partial charge in [-0.05, 0) is 44.5 Å². The van der Waals surface area contributed by atoms with Crippen LogP contribution in [0, 0.1) is 5.92 Å². The number of carbonyl (C=O) groups excluding carboxylic acids is 1. The van der Waals surface area contributed by atoms with Gasteiger partial charge in [0.25, 0.3) is 0 Å². The van der Waals surface area contributed by atoms with E-state index < -0.39 is 0 Å². The molecule has 1 aliphatic rings. The zero-order valence-electron chi connectivity index (χ0n) is 11.3. The number of nitrogens with zero attached hydrogens (tertiary/aromatic N) is 1. The Morgan fingerprint density at radius 1 is 1.50 bits per heavy atom. The minimum absolute atomic E-state index is 0. The zero-order chi connectivity index (χ0) is 13.2. The molecule has 0 radical (unpaired) electrons. The summed E-state index contributed by atoms with van der Waals surface area (Å²) in [5, 5.41) is 6.37. The summed E-state index contributed by atoms with van der Waals surface area (Å²) in [6, 6.07) is 6.32. The number of anilines is 1. The van der Waals surface area contributed by atoms with Gasteiger partial charge < -0.3 is 10.6 Å². The second-order valence-electron chi connectivity index (χ2n) is 5.10. The molecule has 1 aromatic carbocycles. The van der Waals surface area contributed by atoms with Crippen LogP contribution in [-0.2, 0) is 4.79 Å². The molecule has 0 spiro atoms. The van der Waals surface area contributed by atoms with Crippen molar-refractivity contribution in [2.24, 2.45) is 5.92 Å². The van der Waals surface area contributed by atoms with Crippen molar-refractivity contribution in [1.29, 1.82) is 0 Å². The first kappa shape index (κ1) is 15.2. The first-order valence-electron chi connectivity index (χ1n) is 6.60. The smallest absolute Gasteiger partial charge is 0.227 e. The fraction of sp³-hybridized carbons (Fsp3) is 0.429. The van der Waals surface area contributed by atoms with E-state index >= 15 is 0 Å². The molecule has 0 aliphatic carbocycles. The van der Waals surface area contributed by atoms with Crippen molar-refractivity contribution in [1.82, 2.24) is 10.3 Å². The van der Waals surface area contributed by atoms with E-state index in [4.69, 9.17) is 0 Å². The Labute approximate surface area is 128 Å². The Hall–Kier alpha value is -1.17. The molecular weight excluding hydrogens is 294 g/mol. The van der Waals surface area contributed by atoms with E-state index in [-0.39, 0.29) is 24.2 Å². The molecule has 3 rings (SSSR count). The first-order chi connectivity index (χ1) is 9.22. The molecule has 2 N–H and O–H groups in total. The Kier molecular flexibility index (Phi) is 4.96. The highest BCUT2D eigenvalue weighted by molar-refractivity contribution is 7.16. The Morgan fingerprint density at radius 2 is 2.35 bits per heavy atom. The molecule has 1 fully saturated rings. The van der Waals surface area contributed by atoms with Crippen LogP contribution in [0.3, 0.4) is 0 Å². The average molecular weight is 312 g/mol. The van der Waals surface area contributed by atoms with Crippen molar-refractivity contribution in [3.63, 3.8) is 0 Å². The molecule has 108 valence electrons. The van der Waals surface area contributed by atoms with Crippen LogP contribution in [0.2, 0.25) is 0 Å². The highest BCUT2D eigenvalue weighted by Gasteiger charge is 2.24. The van der Waals surface area contributed by atoms with Gasteiger partial charge in [0, 0.05) is 17.6 Å². The van der Waals surface area contributed by atoms with Crippen molar-refractivity contribution in [2.45, 2.75) is 25.8 Å². The first-order valence-corrected chi connectivity index (χ1v) is 7.48. The lowest BCUT2D eigenvalue weighted by Gasteiger charge is -2.27. The van der Waals surface area contributed by atoms with Crippen LogP contribution in [0.15, 0.2) is 23.7 Å². The number of piperidine rings is 1. The van der Waals surface area contributed by atoms with Crippen LogP contribution in [0.5, 0.6) is 0 Å². The summed E-state index contributed by atoms with van der Waals surface area (Å²) in [5.41, 5.74) is 3.61. The normalized spacial score (nSPS) is 22.2. The third-order valence-electron chi connectivity index (χ3n) is 3.59. The Balaban J connectivity index is 0.00000147. The molecule has 6 heteroatoms. The second kappa shape index (κ2) is 6.52. The standard InChI is InChI=1S/C14H17N3OS.ClH/c1-9-6-10(4-5-15-9)14(18)17-11-2-3-13-12(7-11)16-8-19-13;/h2-3,7-10,15H,4-6H2,1H3,(H,17,18);1H/t9-,10-;/m0./s1. The fourth-order valence-electron chi connectivity index (χ4n) is 2.55. The van der Waals surface area contributed by atoms with Gasteiger partial charge in [-0.15, -0.1) is 23.7 Å². The Morgan fingerprint density at radius 3 is 3.15 bits per heavy atom. The Bertz CT molecular complexity index is 601. The van der Waals surface area contributed by atoms with E-state index in [1.54, 1.807) is 11.3 Å². The summed E-state index contributed by atoms with van der Waals surface area (Å²) in [6.45, 7) is 3.05. The van der Waals surface area contributed by atoms with Gasteiger partial charge in [0.2, 0.25) is 5.91 Å². The summed E-state index contributed by atoms with van der Waals surface area (Å²) in [6.07, 6.45) is 1.82. The molecule has 2 heterocycles. The maximum atomic E-state index is 12.2. The van der Waals surface area contributed by atoms with E-state index in [0.717, 1.165) is 35.3 Å². The van der Waals surface area contributed by atoms with Crippen molar-refractivity contribution in [3.8, 4) is 0 Å². The van der Waals surface area contributed by atoms with E-state index in [0.29, 0.717) is 6.04 Å². The summed E-state index contributed by atoms with van der Waals surface area (Å²) in [5.74, 6) is 0.241. The number of aromatic nitrogens is 1. The molecule has 2 atom stereocenters. The lowest BCUT2D eigenvalue weighted by Crippen LogP contribution is -2.40. The highest BCUT2D eigenvalue weighted by atomic mass is 35.5. The molecule has 1 saturated heterocycles. The summed E-state index contributed by atoms with van der Waals surface area (Å²) < 4.78 is 1.15. The lowest BCUT2D eigenvalue weighted by molar-refractivity contribution is -0.120. The van der Waals surface area contributed by atoms with Crippen molar-refractivity contribution >= 4 is 45.6 Å². The van der Waals surface area contributed by atoms with Gasteiger partial charge in [-0.3, -0.25) is 4.79 Å². The van der Waals surface area contributed by atoms with E-state index in [2.05, 4.69) is 22.5 Å². The van der Waals surface area contributed by atoms with Gasteiger partial charge in [0.1, 0.15) is 0 Å². The van der Waals surface area contributed by atoms with Gasteiger partial charge in [-0.1, -0.05) is 0 Å². The number of nitrogens with one attached hydrogen (secondary N) is 2. The number of halogens is 1. The number of thiazole rings is 1. The minimum Gasteiger partial charge on any atom is -0.326 e. The molecule has 1 aliphatic heterocycles. The SMILES string of the molecule is C[C@H]1C[C@@H](C(=O)Nc2ccc3scnc3c2)CCN1.Cl. The summed E-state index contributed by atoms with van der Waals surface area (Å²) in [7, 11) is 0. The monoisotopic (exact) mass is 311 g/mol. The van der Waals surface area contributed by atoms with Gasteiger partial charge in [0.05, 0.1) is 15.7 Å². The zero-order valence-corrected chi connectivity index (χ0v) is 12.9. The van der Waals surface area contributed by atoms with Gasteiger partial charge in [0.15, 0.2) is 0 Å². The molecule has 4 nitrogen and oxygen atoms in total. The minimum atomic E-state index is 0. The van der Waals surface area contributed by atoms with Gasteiger partial charge in [-0.25, -0.2) is 4.98 Å². The van der Waals surface area contributed by atoms with Gasteiger partial charge >= 0.3 is 0 Å². The molecule has 1 amide bonds. The van der Waals surface area contributed by atoms with Gasteiger partial charge in [-0.2, -0.15) is 0 Å². The molecule has 1 aromatic heterocycles. The van der Waals surface area contributed by atoms with Crippen LogP contribution >= 0.6 is 23.7 Å². The number of hydrogen-bond acceptors (Lipinski definition) is 4. The van der Waals surface area contributed by atoms with Crippen molar-refractivity contribution in [3.05, 3.63) is 23.7 Å². The summed E-state index contributed by atoms with van der Waals surface area (Å²) in [4.78, 5) is 16.5. The van der Waals surface area contributed by atoms with Crippen molar-refractivity contribution in [2.75, 3.05) is 11.9 Å².